The van der Waals surface area contributed by atoms with E-state index in [0.717, 1.165) is 44.8 Å². The third-order valence-electron chi connectivity index (χ3n) is 5.91. The number of nitrogens with one attached hydrogen (secondary N) is 1. The Kier molecular flexibility index (Phi) is 6.01. The first-order valence-corrected chi connectivity index (χ1v) is 13.1. The smallest absolute Gasteiger partial charge is 0.410 e. The fourth-order valence-corrected chi connectivity index (χ4v) is 5.72. The van der Waals surface area contributed by atoms with E-state index in [2.05, 4.69) is 32.2 Å². The molecule has 7 nitrogen and oxygen atoms in total. The third kappa shape index (κ3) is 4.38. The van der Waals surface area contributed by atoms with E-state index >= 15 is 0 Å². The summed E-state index contributed by atoms with van der Waals surface area (Å²) < 4.78 is 11.3. The van der Waals surface area contributed by atoms with E-state index in [4.69, 9.17) is 9.72 Å². The number of hydrogen-bond acceptors (Lipinski definition) is 5. The second-order valence-corrected chi connectivity index (χ2v) is 11.0. The minimum absolute atomic E-state index is 0.0345. The molecule has 5 rings (SSSR count). The molecule has 176 valence electrons. The highest BCUT2D eigenvalue weighted by Crippen LogP contribution is 2.35. The van der Waals surface area contributed by atoms with E-state index in [1.54, 1.807) is 11.3 Å². The fourth-order valence-electron chi connectivity index (χ4n) is 4.36. The van der Waals surface area contributed by atoms with E-state index in [-0.39, 0.29) is 18.0 Å². The van der Waals surface area contributed by atoms with Gasteiger partial charge in [0, 0.05) is 23.9 Å². The van der Waals surface area contributed by atoms with Crippen LogP contribution < -0.4 is 3.53 Å². The number of nitrogens with zero attached hydrogens (tertiary/aromatic N) is 3. The van der Waals surface area contributed by atoms with Crippen LogP contribution in [0.1, 0.15) is 55.6 Å². The number of ether oxygens (including phenoxy) is 1. The van der Waals surface area contributed by atoms with Crippen molar-refractivity contribution in [2.24, 2.45) is 0 Å². The predicted molar refractivity (Wildman–Crippen MR) is 142 cm³/mol. The highest BCUT2D eigenvalue weighted by molar-refractivity contribution is 14.1. The van der Waals surface area contributed by atoms with Gasteiger partial charge in [0.1, 0.15) is 5.60 Å². The molecular weight excluding hydrogens is 563 g/mol. The summed E-state index contributed by atoms with van der Waals surface area (Å²) in [5.41, 5.74) is 4.18. The second kappa shape index (κ2) is 8.84. The number of amides is 2. The molecule has 0 aliphatic carbocycles. The van der Waals surface area contributed by atoms with Crippen molar-refractivity contribution >= 4 is 61.4 Å². The van der Waals surface area contributed by atoms with Crippen molar-refractivity contribution in [3.05, 3.63) is 59.8 Å². The van der Waals surface area contributed by atoms with Crippen LogP contribution in [0.4, 0.5) is 4.79 Å². The lowest BCUT2D eigenvalue weighted by atomic mass is 10.0. The first-order valence-electron chi connectivity index (χ1n) is 11.2. The van der Waals surface area contributed by atoms with Crippen molar-refractivity contribution in [2.75, 3.05) is 6.54 Å². The van der Waals surface area contributed by atoms with Crippen LogP contribution in [0.5, 0.6) is 0 Å². The molecule has 2 aromatic heterocycles. The summed E-state index contributed by atoms with van der Waals surface area (Å²) in [5, 5.41) is 0. The van der Waals surface area contributed by atoms with Crippen LogP contribution in [0.25, 0.3) is 26.4 Å². The number of thiazole rings is 1. The third-order valence-corrected chi connectivity index (χ3v) is 7.42. The van der Waals surface area contributed by atoms with Crippen LogP contribution in [-0.2, 0) is 4.74 Å². The van der Waals surface area contributed by atoms with Crippen molar-refractivity contribution in [2.45, 2.75) is 45.3 Å². The van der Waals surface area contributed by atoms with Gasteiger partial charge in [-0.15, -0.1) is 0 Å². The zero-order chi connectivity index (χ0) is 24.0. The number of likely N-dealkylation sites (tertiary alicyclic amines) is 1. The Morgan fingerprint density at radius 2 is 1.94 bits per heavy atom. The Hall–Kier alpha value is -2.66. The van der Waals surface area contributed by atoms with Crippen LogP contribution in [-0.4, -0.2) is 38.4 Å². The second-order valence-electron chi connectivity index (χ2n) is 9.44. The number of carbonyl (C=O) groups excluding carboxylic acids is 2. The normalized spacial score (nSPS) is 16.4. The summed E-state index contributed by atoms with van der Waals surface area (Å²) in [7, 11) is 0. The van der Waals surface area contributed by atoms with Gasteiger partial charge in [-0.3, -0.25) is 12.7 Å². The van der Waals surface area contributed by atoms with Gasteiger partial charge in [-0.1, -0.05) is 35.6 Å². The number of hydrogen-bond donors (Lipinski definition) is 1. The molecule has 0 radical (unpaired) electrons. The number of fused-ring (bicyclic) bond motifs is 3. The molecule has 1 N–H and O–H groups in total. The van der Waals surface area contributed by atoms with Gasteiger partial charge in [-0.05, 0) is 57.4 Å². The molecule has 3 heterocycles. The van der Waals surface area contributed by atoms with Crippen LogP contribution in [0.3, 0.4) is 0 Å². The number of aromatic nitrogens is 2. The molecule has 4 aromatic rings. The van der Waals surface area contributed by atoms with Crippen molar-refractivity contribution in [3.63, 3.8) is 0 Å². The SMILES string of the molecule is CC(C)(C)OC(=O)N1CCCC1c1ccc(-c2cn3c(n2)sc2cc(C(=O)NI)ccc23)cc1. The average Bonchev–Trinajstić information content (AvgIpc) is 3.51. The Morgan fingerprint density at radius 1 is 1.18 bits per heavy atom. The summed E-state index contributed by atoms with van der Waals surface area (Å²) in [6.07, 6.45) is 3.68. The molecule has 9 heteroatoms. The number of halogens is 1. The van der Waals surface area contributed by atoms with Gasteiger partial charge in [0.2, 0.25) is 0 Å². The molecule has 34 heavy (non-hydrogen) atoms. The van der Waals surface area contributed by atoms with Gasteiger partial charge < -0.3 is 9.64 Å². The molecule has 1 saturated heterocycles. The summed E-state index contributed by atoms with van der Waals surface area (Å²) in [5.74, 6) is -0.109. The Balaban J connectivity index is 1.39. The first kappa shape index (κ1) is 23.1. The van der Waals surface area contributed by atoms with Gasteiger partial charge >= 0.3 is 6.09 Å². The van der Waals surface area contributed by atoms with Crippen LogP contribution in [0.2, 0.25) is 0 Å². The summed E-state index contributed by atoms with van der Waals surface area (Å²) >= 11 is 3.41. The largest absolute Gasteiger partial charge is 0.444 e. The summed E-state index contributed by atoms with van der Waals surface area (Å²) in [4.78, 5) is 32.1. The minimum Gasteiger partial charge on any atom is -0.444 e. The van der Waals surface area contributed by atoms with E-state index in [9.17, 15) is 9.59 Å². The molecule has 1 aliphatic rings. The Bertz CT molecular complexity index is 1390. The van der Waals surface area contributed by atoms with E-state index in [0.29, 0.717) is 12.1 Å². The van der Waals surface area contributed by atoms with Crippen LogP contribution in [0, 0.1) is 0 Å². The van der Waals surface area contributed by atoms with Gasteiger partial charge in [0.05, 0.1) is 44.8 Å². The maximum atomic E-state index is 12.7. The fraction of sp³-hybridized carbons (Fsp3) is 0.320. The van der Waals surface area contributed by atoms with Gasteiger partial charge in [0.15, 0.2) is 4.96 Å². The number of benzene rings is 2. The molecular formula is C25H25IN4O3S. The number of carbonyl (C=O) groups is 2. The molecule has 1 atom stereocenters. The van der Waals surface area contributed by atoms with E-state index in [1.807, 2.05) is 72.9 Å². The number of rotatable bonds is 3. The zero-order valence-corrected chi connectivity index (χ0v) is 22.1. The molecule has 1 fully saturated rings. The highest BCUT2D eigenvalue weighted by atomic mass is 127. The van der Waals surface area contributed by atoms with Crippen molar-refractivity contribution in [1.29, 1.82) is 0 Å². The zero-order valence-electron chi connectivity index (χ0n) is 19.2. The lowest BCUT2D eigenvalue weighted by molar-refractivity contribution is 0.0224. The average molecular weight is 588 g/mol. The predicted octanol–water partition coefficient (Wildman–Crippen LogP) is 6.37. The minimum atomic E-state index is -0.504. The van der Waals surface area contributed by atoms with E-state index in [1.165, 1.54) is 0 Å². The lowest BCUT2D eigenvalue weighted by Crippen LogP contribution is -2.36. The van der Waals surface area contributed by atoms with Gasteiger partial charge in [-0.25, -0.2) is 9.78 Å². The molecule has 0 spiro atoms. The Labute approximate surface area is 215 Å². The molecule has 0 bridgehead atoms. The van der Waals surface area contributed by atoms with Crippen LogP contribution >= 0.6 is 34.2 Å². The van der Waals surface area contributed by atoms with Crippen molar-refractivity contribution in [3.8, 4) is 11.3 Å². The maximum absolute atomic E-state index is 12.7. The quantitative estimate of drug-likeness (QED) is 0.223. The monoisotopic (exact) mass is 588 g/mol. The first-order chi connectivity index (χ1) is 16.2. The van der Waals surface area contributed by atoms with Gasteiger partial charge in [-0.2, -0.15) is 0 Å². The molecule has 0 saturated carbocycles. The molecule has 2 aromatic carbocycles. The summed E-state index contributed by atoms with van der Waals surface area (Å²) in [6.45, 7) is 6.39. The summed E-state index contributed by atoms with van der Waals surface area (Å²) in [6, 6.07) is 14.0. The standard InChI is InChI=1S/C25H25IN4O3S/c1-25(2,3)33-24(32)29-12-4-5-19(29)16-8-6-15(7-9-16)18-14-30-20-11-10-17(22(31)28-26)13-21(20)34-23(30)27-18/h6-11,13-14,19H,4-5,12H2,1-3H3,(H,28,31). The van der Waals surface area contributed by atoms with E-state index < -0.39 is 5.60 Å². The molecule has 1 unspecified atom stereocenters. The molecule has 1 aliphatic heterocycles. The van der Waals surface area contributed by atoms with Crippen LogP contribution in [0.15, 0.2) is 48.7 Å². The van der Waals surface area contributed by atoms with Gasteiger partial charge in [0.25, 0.3) is 5.91 Å². The highest BCUT2D eigenvalue weighted by Gasteiger charge is 2.33. The van der Waals surface area contributed by atoms with Crippen molar-refractivity contribution in [1.82, 2.24) is 17.8 Å². The Morgan fingerprint density at radius 3 is 2.65 bits per heavy atom. The lowest BCUT2D eigenvalue weighted by Gasteiger charge is -2.28. The van der Waals surface area contributed by atoms with Crippen molar-refractivity contribution < 1.29 is 14.3 Å². The molecule has 2 amide bonds. The number of imidazole rings is 1. The topological polar surface area (TPSA) is 75.9 Å². The maximum Gasteiger partial charge on any atom is 0.410 e.